The number of nitrogens with one attached hydrogen (secondary N) is 1. The van der Waals surface area contributed by atoms with E-state index in [1.165, 1.54) is 0 Å². The number of hydrogen-bond donors (Lipinski definition) is 2. The number of rotatable bonds is 5. The quantitative estimate of drug-likeness (QED) is 0.866. The summed E-state index contributed by atoms with van der Waals surface area (Å²) in [6.45, 7) is 2.27. The molecule has 1 aromatic carbocycles. The predicted octanol–water partition coefficient (Wildman–Crippen LogP) is 1.52. The van der Waals surface area contributed by atoms with Crippen LogP contribution in [0, 0.1) is 0 Å². The summed E-state index contributed by atoms with van der Waals surface area (Å²) in [4.78, 5) is 13.4. The van der Waals surface area contributed by atoms with Crippen molar-refractivity contribution in [3.8, 4) is 0 Å². The molecule has 100 valence electrons. The molecule has 2 unspecified atom stereocenters. The van der Waals surface area contributed by atoms with Gasteiger partial charge in [-0.3, -0.25) is 9.69 Å². The van der Waals surface area contributed by atoms with Gasteiger partial charge in [-0.15, -0.1) is 0 Å². The lowest BCUT2D eigenvalue weighted by atomic mass is 9.99. The highest BCUT2D eigenvalue weighted by Crippen LogP contribution is 2.28. The first kappa shape index (κ1) is 15.1. The molecule has 18 heavy (non-hydrogen) atoms. The van der Waals surface area contributed by atoms with E-state index in [-0.39, 0.29) is 18.0 Å². The second-order valence-corrected chi connectivity index (χ2v) is 5.27. The molecule has 0 aliphatic heterocycles. The van der Waals surface area contributed by atoms with Gasteiger partial charge in [-0.2, -0.15) is 0 Å². The van der Waals surface area contributed by atoms with Crippen molar-refractivity contribution in [3.63, 3.8) is 0 Å². The molecule has 0 fully saturated rings. The zero-order valence-corrected chi connectivity index (χ0v) is 12.6. The van der Waals surface area contributed by atoms with Crippen LogP contribution in [0.1, 0.15) is 18.5 Å². The Kier molecular flexibility index (Phi) is 5.78. The molecule has 1 rings (SSSR count). The number of benzene rings is 1. The maximum atomic E-state index is 11.5. The fourth-order valence-corrected chi connectivity index (χ4v) is 2.56. The predicted molar refractivity (Wildman–Crippen MR) is 77.2 cm³/mol. The van der Waals surface area contributed by atoms with Crippen molar-refractivity contribution in [2.24, 2.45) is 5.73 Å². The van der Waals surface area contributed by atoms with Crippen LogP contribution in [0.3, 0.4) is 0 Å². The molecular formula is C13H20BrN3O. The summed E-state index contributed by atoms with van der Waals surface area (Å²) in [6.07, 6.45) is 0. The Morgan fingerprint density at radius 1 is 1.50 bits per heavy atom. The lowest BCUT2D eigenvalue weighted by Crippen LogP contribution is -2.42. The average Bonchev–Trinajstić information content (AvgIpc) is 2.31. The first-order valence-corrected chi connectivity index (χ1v) is 6.67. The van der Waals surface area contributed by atoms with Crippen molar-refractivity contribution in [2.75, 3.05) is 20.6 Å². The van der Waals surface area contributed by atoms with Gasteiger partial charge in [-0.1, -0.05) is 34.1 Å². The molecule has 0 radical (unpaired) electrons. The summed E-state index contributed by atoms with van der Waals surface area (Å²) in [5.41, 5.74) is 7.16. The summed E-state index contributed by atoms with van der Waals surface area (Å²) in [7, 11) is 3.54. The van der Waals surface area contributed by atoms with Crippen molar-refractivity contribution in [3.05, 3.63) is 34.3 Å². The van der Waals surface area contributed by atoms with Crippen molar-refractivity contribution in [1.82, 2.24) is 10.2 Å². The van der Waals surface area contributed by atoms with Crippen LogP contribution in [0.25, 0.3) is 0 Å². The van der Waals surface area contributed by atoms with Gasteiger partial charge in [0, 0.05) is 17.6 Å². The van der Waals surface area contributed by atoms with E-state index in [0.29, 0.717) is 6.54 Å². The summed E-state index contributed by atoms with van der Waals surface area (Å²) < 4.78 is 1.01. The van der Waals surface area contributed by atoms with Gasteiger partial charge in [0.1, 0.15) is 0 Å². The third kappa shape index (κ3) is 3.80. The molecule has 2 atom stereocenters. The van der Waals surface area contributed by atoms with Crippen molar-refractivity contribution in [1.29, 1.82) is 0 Å². The number of nitrogens with two attached hydrogens (primary N) is 1. The molecule has 0 aliphatic rings. The van der Waals surface area contributed by atoms with Crippen LogP contribution in [-0.4, -0.2) is 37.5 Å². The minimum absolute atomic E-state index is 0.00197. The number of likely N-dealkylation sites (N-methyl/N-ethyl adjacent to an activating group) is 2. The van der Waals surface area contributed by atoms with E-state index < -0.39 is 0 Å². The molecule has 0 saturated carbocycles. The van der Waals surface area contributed by atoms with Gasteiger partial charge in [0.05, 0.1) is 12.6 Å². The molecule has 0 aliphatic carbocycles. The zero-order chi connectivity index (χ0) is 13.7. The fraction of sp³-hybridized carbons (Fsp3) is 0.462. The average molecular weight is 314 g/mol. The maximum Gasteiger partial charge on any atom is 0.233 e. The number of carbonyl (C=O) groups is 1. The fourth-order valence-electron chi connectivity index (χ4n) is 2.04. The van der Waals surface area contributed by atoms with E-state index in [2.05, 4.69) is 21.2 Å². The number of amides is 1. The molecular weight excluding hydrogens is 294 g/mol. The molecule has 0 spiro atoms. The van der Waals surface area contributed by atoms with Gasteiger partial charge in [-0.05, 0) is 25.6 Å². The van der Waals surface area contributed by atoms with Crippen LogP contribution >= 0.6 is 15.9 Å². The smallest absolute Gasteiger partial charge is 0.233 e. The van der Waals surface area contributed by atoms with E-state index in [1.807, 2.05) is 43.1 Å². The lowest BCUT2D eigenvalue weighted by molar-refractivity contribution is -0.122. The van der Waals surface area contributed by atoms with Gasteiger partial charge in [0.25, 0.3) is 0 Å². The van der Waals surface area contributed by atoms with E-state index in [0.717, 1.165) is 10.0 Å². The van der Waals surface area contributed by atoms with Crippen LogP contribution in [0.4, 0.5) is 0 Å². The second-order valence-electron chi connectivity index (χ2n) is 4.41. The van der Waals surface area contributed by atoms with Gasteiger partial charge >= 0.3 is 0 Å². The largest absolute Gasteiger partial charge is 0.358 e. The highest BCUT2D eigenvalue weighted by atomic mass is 79.9. The molecule has 5 heteroatoms. The molecule has 0 bridgehead atoms. The van der Waals surface area contributed by atoms with Gasteiger partial charge < -0.3 is 11.1 Å². The topological polar surface area (TPSA) is 58.4 Å². The number of carbonyl (C=O) groups excluding carboxylic acids is 1. The van der Waals surface area contributed by atoms with Gasteiger partial charge in [0.2, 0.25) is 5.91 Å². The van der Waals surface area contributed by atoms with E-state index in [9.17, 15) is 4.79 Å². The Labute approximate surface area is 117 Å². The van der Waals surface area contributed by atoms with Crippen LogP contribution < -0.4 is 11.1 Å². The minimum Gasteiger partial charge on any atom is -0.358 e. The van der Waals surface area contributed by atoms with Crippen LogP contribution in [0.5, 0.6) is 0 Å². The van der Waals surface area contributed by atoms with Crippen molar-refractivity contribution in [2.45, 2.75) is 19.0 Å². The monoisotopic (exact) mass is 313 g/mol. The SMILES string of the molecule is CNC(=O)CN(C)C(c1ccccc1Br)C(C)N. The van der Waals surface area contributed by atoms with Crippen molar-refractivity contribution < 1.29 is 4.79 Å². The first-order chi connectivity index (χ1) is 8.47. The normalized spacial score (nSPS) is 14.3. The van der Waals surface area contributed by atoms with Crippen LogP contribution in [-0.2, 0) is 4.79 Å². The second kappa shape index (κ2) is 6.87. The highest BCUT2D eigenvalue weighted by molar-refractivity contribution is 9.10. The summed E-state index contributed by atoms with van der Waals surface area (Å²) in [5, 5.41) is 2.62. The molecule has 0 aromatic heterocycles. The third-order valence-corrected chi connectivity index (χ3v) is 3.59. The third-order valence-electron chi connectivity index (χ3n) is 2.87. The first-order valence-electron chi connectivity index (χ1n) is 5.88. The van der Waals surface area contributed by atoms with Gasteiger partial charge in [0.15, 0.2) is 0 Å². The summed E-state index contributed by atoms with van der Waals surface area (Å²) in [5.74, 6) is -0.0183. The standard InChI is InChI=1S/C13H20BrN3O/c1-9(15)13(17(3)8-12(18)16-2)10-6-4-5-7-11(10)14/h4-7,9,13H,8,15H2,1-3H3,(H,16,18). The highest BCUT2D eigenvalue weighted by Gasteiger charge is 2.24. The van der Waals surface area contributed by atoms with Crippen LogP contribution in [0.15, 0.2) is 28.7 Å². The Hall–Kier alpha value is -0.910. The lowest BCUT2D eigenvalue weighted by Gasteiger charge is -2.31. The summed E-state index contributed by atoms with van der Waals surface area (Å²) in [6, 6.07) is 7.88. The van der Waals surface area contributed by atoms with Crippen molar-refractivity contribution >= 4 is 21.8 Å². The number of nitrogens with zero attached hydrogens (tertiary/aromatic N) is 1. The summed E-state index contributed by atoms with van der Waals surface area (Å²) >= 11 is 3.53. The molecule has 0 saturated heterocycles. The van der Waals surface area contributed by atoms with Crippen LogP contribution in [0.2, 0.25) is 0 Å². The molecule has 1 aromatic rings. The molecule has 4 nitrogen and oxygen atoms in total. The number of hydrogen-bond acceptors (Lipinski definition) is 3. The maximum absolute atomic E-state index is 11.5. The number of halogens is 1. The zero-order valence-electron chi connectivity index (χ0n) is 11.0. The molecule has 3 N–H and O–H groups in total. The van der Waals surface area contributed by atoms with Gasteiger partial charge in [-0.25, -0.2) is 0 Å². The Bertz CT molecular complexity index is 409. The van der Waals surface area contributed by atoms with E-state index >= 15 is 0 Å². The Balaban J connectivity index is 2.96. The Morgan fingerprint density at radius 2 is 2.11 bits per heavy atom. The molecule has 1 amide bonds. The Morgan fingerprint density at radius 3 is 2.61 bits per heavy atom. The van der Waals surface area contributed by atoms with E-state index in [4.69, 9.17) is 5.73 Å². The van der Waals surface area contributed by atoms with E-state index in [1.54, 1.807) is 7.05 Å². The molecule has 0 heterocycles. The minimum atomic E-state index is -0.0710.